The van der Waals surface area contributed by atoms with Crippen molar-refractivity contribution in [1.82, 2.24) is 10.1 Å². The van der Waals surface area contributed by atoms with Gasteiger partial charge in [-0.1, -0.05) is 5.16 Å². The van der Waals surface area contributed by atoms with E-state index in [1.807, 2.05) is 0 Å². The molecule has 1 unspecified atom stereocenters. The van der Waals surface area contributed by atoms with E-state index < -0.39 is 33.8 Å². The molecule has 0 aliphatic rings. The van der Waals surface area contributed by atoms with Crippen molar-refractivity contribution in [2.24, 2.45) is 5.73 Å². The fraction of sp³-hybridized carbons (Fsp3) is 0.714. The van der Waals surface area contributed by atoms with E-state index in [9.17, 15) is 21.6 Å². The van der Waals surface area contributed by atoms with Crippen LogP contribution in [0.2, 0.25) is 0 Å². The molecular formula is C7H10F3N3O3S. The number of hydrogen-bond acceptors (Lipinski definition) is 6. The molecule has 0 fully saturated rings. The molecule has 0 amide bonds. The zero-order chi connectivity index (χ0) is 13.3. The van der Waals surface area contributed by atoms with E-state index in [4.69, 9.17) is 5.73 Å². The van der Waals surface area contributed by atoms with Crippen LogP contribution in [0.3, 0.4) is 0 Å². The van der Waals surface area contributed by atoms with E-state index in [2.05, 4.69) is 14.7 Å². The van der Waals surface area contributed by atoms with E-state index in [-0.39, 0.29) is 12.2 Å². The number of alkyl halides is 3. The molecule has 0 aliphatic heterocycles. The third-order valence-electron chi connectivity index (χ3n) is 1.81. The maximum absolute atomic E-state index is 12.1. The Morgan fingerprint density at radius 2 is 2.06 bits per heavy atom. The molecule has 98 valence electrons. The first-order valence-electron chi connectivity index (χ1n) is 4.43. The predicted octanol–water partition coefficient (Wildman–Crippen LogP) is 0.523. The van der Waals surface area contributed by atoms with Crippen molar-refractivity contribution in [2.45, 2.75) is 18.6 Å². The summed E-state index contributed by atoms with van der Waals surface area (Å²) in [6, 6.07) is -1.03. The van der Waals surface area contributed by atoms with Crippen LogP contribution in [0.25, 0.3) is 0 Å². The van der Waals surface area contributed by atoms with Crippen molar-refractivity contribution in [3.63, 3.8) is 0 Å². The highest BCUT2D eigenvalue weighted by atomic mass is 32.2. The number of nitrogens with zero attached hydrogens (tertiary/aromatic N) is 2. The van der Waals surface area contributed by atoms with Gasteiger partial charge in [0.2, 0.25) is 5.89 Å². The number of hydrogen-bond donors (Lipinski definition) is 1. The summed E-state index contributed by atoms with van der Waals surface area (Å²) in [5.74, 6) is -2.12. The first kappa shape index (κ1) is 13.9. The van der Waals surface area contributed by atoms with Crippen LogP contribution in [-0.2, 0) is 16.0 Å². The molecule has 0 radical (unpaired) electrons. The van der Waals surface area contributed by atoms with Gasteiger partial charge >= 0.3 is 6.18 Å². The fourth-order valence-corrected chi connectivity index (χ4v) is 1.65. The molecule has 6 nitrogen and oxygen atoms in total. The molecule has 0 saturated carbocycles. The van der Waals surface area contributed by atoms with Crippen LogP contribution in [0.5, 0.6) is 0 Å². The van der Waals surface area contributed by atoms with Gasteiger partial charge in [0.05, 0.1) is 11.8 Å². The molecule has 0 saturated heterocycles. The Morgan fingerprint density at radius 3 is 2.47 bits per heavy atom. The molecule has 0 spiro atoms. The molecule has 1 aromatic heterocycles. The van der Waals surface area contributed by atoms with Gasteiger partial charge in [0.1, 0.15) is 9.84 Å². The molecule has 0 aliphatic carbocycles. The smallest absolute Gasteiger partial charge is 0.337 e. The van der Waals surface area contributed by atoms with Crippen LogP contribution in [0.15, 0.2) is 4.52 Å². The van der Waals surface area contributed by atoms with Crippen LogP contribution in [0.4, 0.5) is 13.2 Å². The van der Waals surface area contributed by atoms with E-state index in [1.54, 1.807) is 0 Å². The van der Waals surface area contributed by atoms with Gasteiger partial charge in [-0.15, -0.1) is 0 Å². The average molecular weight is 273 g/mol. The van der Waals surface area contributed by atoms with Gasteiger partial charge in [0, 0.05) is 6.26 Å². The van der Waals surface area contributed by atoms with Gasteiger partial charge in [-0.3, -0.25) is 0 Å². The molecule has 1 atom stereocenters. The SMILES string of the molecule is CS(=O)(=O)CCC(N)c1nc(C(F)(F)F)no1. The Hall–Kier alpha value is -1.16. The summed E-state index contributed by atoms with van der Waals surface area (Å²) in [6.45, 7) is 0. The van der Waals surface area contributed by atoms with Gasteiger partial charge in [-0.2, -0.15) is 18.2 Å². The van der Waals surface area contributed by atoms with Gasteiger partial charge < -0.3 is 10.3 Å². The number of aromatic nitrogens is 2. The Bertz CT molecular complexity index is 482. The summed E-state index contributed by atoms with van der Waals surface area (Å²) in [5, 5.41) is 2.71. The minimum absolute atomic E-state index is 0.0850. The topological polar surface area (TPSA) is 99.1 Å². The molecule has 1 rings (SSSR count). The Balaban J connectivity index is 2.71. The highest BCUT2D eigenvalue weighted by molar-refractivity contribution is 7.90. The molecule has 10 heteroatoms. The minimum atomic E-state index is -4.71. The van der Waals surface area contributed by atoms with Crippen LogP contribution in [0.1, 0.15) is 24.2 Å². The maximum Gasteiger partial charge on any atom is 0.455 e. The van der Waals surface area contributed by atoms with Gasteiger partial charge in [-0.25, -0.2) is 8.42 Å². The summed E-state index contributed by atoms with van der Waals surface area (Å²) < 4.78 is 62.3. The van der Waals surface area contributed by atoms with Gasteiger partial charge in [-0.05, 0) is 6.42 Å². The second-order valence-electron chi connectivity index (χ2n) is 3.48. The molecule has 0 bridgehead atoms. The first-order valence-corrected chi connectivity index (χ1v) is 6.50. The maximum atomic E-state index is 12.1. The average Bonchev–Trinajstić information content (AvgIpc) is 2.60. The summed E-state index contributed by atoms with van der Waals surface area (Å²) in [4.78, 5) is 3.06. The van der Waals surface area contributed by atoms with Gasteiger partial charge in [0.25, 0.3) is 5.82 Å². The van der Waals surface area contributed by atoms with Crippen molar-refractivity contribution in [3.8, 4) is 0 Å². The van der Waals surface area contributed by atoms with E-state index >= 15 is 0 Å². The zero-order valence-electron chi connectivity index (χ0n) is 8.73. The summed E-state index contributed by atoms with van der Waals surface area (Å²) in [5.41, 5.74) is 5.43. The second kappa shape index (κ2) is 4.61. The fourth-order valence-electron chi connectivity index (χ4n) is 0.965. The molecule has 0 aromatic carbocycles. The Morgan fingerprint density at radius 1 is 1.47 bits per heavy atom. The second-order valence-corrected chi connectivity index (χ2v) is 5.74. The van der Waals surface area contributed by atoms with Crippen molar-refractivity contribution in [2.75, 3.05) is 12.0 Å². The number of halogens is 3. The van der Waals surface area contributed by atoms with Crippen molar-refractivity contribution >= 4 is 9.84 Å². The van der Waals surface area contributed by atoms with E-state index in [1.165, 1.54) is 0 Å². The Kier molecular flexibility index (Phi) is 3.77. The zero-order valence-corrected chi connectivity index (χ0v) is 9.55. The van der Waals surface area contributed by atoms with E-state index in [0.717, 1.165) is 6.26 Å². The lowest BCUT2D eigenvalue weighted by Gasteiger charge is -2.04. The lowest BCUT2D eigenvalue weighted by molar-refractivity contribution is -0.146. The normalized spacial score (nSPS) is 14.9. The molecular weight excluding hydrogens is 263 g/mol. The summed E-state index contributed by atoms with van der Waals surface area (Å²) in [6.07, 6.45) is -3.80. The minimum Gasteiger partial charge on any atom is -0.337 e. The van der Waals surface area contributed by atoms with Crippen molar-refractivity contribution in [3.05, 3.63) is 11.7 Å². The van der Waals surface area contributed by atoms with Crippen LogP contribution < -0.4 is 5.73 Å². The van der Waals surface area contributed by atoms with E-state index in [0.29, 0.717) is 0 Å². The summed E-state index contributed by atoms with van der Waals surface area (Å²) in [7, 11) is -3.24. The van der Waals surface area contributed by atoms with Gasteiger partial charge in [0.15, 0.2) is 0 Å². The van der Waals surface area contributed by atoms with Crippen molar-refractivity contribution in [1.29, 1.82) is 0 Å². The standard InChI is InChI=1S/C7H10F3N3O3S/c1-17(14,15)3-2-4(11)5-12-6(13-16-5)7(8,9)10/h4H,2-3,11H2,1H3. The molecule has 17 heavy (non-hydrogen) atoms. The third-order valence-corrected chi connectivity index (χ3v) is 2.79. The van der Waals surface area contributed by atoms with Crippen LogP contribution >= 0.6 is 0 Å². The summed E-state index contributed by atoms with van der Waals surface area (Å²) >= 11 is 0. The lowest BCUT2D eigenvalue weighted by Crippen LogP contribution is -2.16. The van der Waals surface area contributed by atoms with Crippen LogP contribution in [-0.4, -0.2) is 30.6 Å². The number of sulfone groups is 1. The number of rotatable bonds is 4. The third kappa shape index (κ3) is 4.30. The van der Waals surface area contributed by atoms with Crippen molar-refractivity contribution < 1.29 is 26.1 Å². The molecule has 1 heterocycles. The first-order chi connectivity index (χ1) is 7.59. The monoisotopic (exact) mass is 273 g/mol. The quantitative estimate of drug-likeness (QED) is 0.858. The highest BCUT2D eigenvalue weighted by Crippen LogP contribution is 2.27. The molecule has 2 N–H and O–H groups in total. The van der Waals surface area contributed by atoms with Crippen LogP contribution in [0, 0.1) is 0 Å². The molecule has 1 aromatic rings. The largest absolute Gasteiger partial charge is 0.455 e. The Labute approximate surface area is 94.9 Å². The highest BCUT2D eigenvalue weighted by Gasteiger charge is 2.37. The lowest BCUT2D eigenvalue weighted by atomic mass is 10.2. The predicted molar refractivity (Wildman–Crippen MR) is 50.6 cm³/mol. The number of nitrogens with two attached hydrogens (primary N) is 1.